The molecule has 1 aromatic carbocycles. The van der Waals surface area contributed by atoms with Crippen LogP contribution in [0.4, 0.5) is 10.1 Å². The Kier molecular flexibility index (Phi) is 3.46. The van der Waals surface area contributed by atoms with Crippen molar-refractivity contribution in [3.05, 3.63) is 28.5 Å². The molecule has 1 amide bonds. The Bertz CT molecular complexity index is 387. The van der Waals surface area contributed by atoms with Crippen LogP contribution in [0.15, 0.2) is 22.7 Å². The standard InChI is InChI=1S/C10H12BrFN2O/c1-10(2,13)9(15)14-6-3-4-7(11)8(12)5-6/h3-5H,13H2,1-2H3,(H,14,15). The van der Waals surface area contributed by atoms with Crippen molar-refractivity contribution >= 4 is 27.5 Å². The summed E-state index contributed by atoms with van der Waals surface area (Å²) < 4.78 is 13.5. The number of rotatable bonds is 2. The molecule has 0 atom stereocenters. The van der Waals surface area contributed by atoms with E-state index < -0.39 is 11.4 Å². The summed E-state index contributed by atoms with van der Waals surface area (Å²) in [5.41, 5.74) is 4.99. The van der Waals surface area contributed by atoms with Gasteiger partial charge in [0.15, 0.2) is 0 Å². The highest BCUT2D eigenvalue weighted by molar-refractivity contribution is 9.10. The molecule has 0 aliphatic carbocycles. The summed E-state index contributed by atoms with van der Waals surface area (Å²) in [7, 11) is 0. The van der Waals surface area contributed by atoms with Crippen molar-refractivity contribution in [3.63, 3.8) is 0 Å². The van der Waals surface area contributed by atoms with Crippen LogP contribution in [0.25, 0.3) is 0 Å². The van der Waals surface area contributed by atoms with Crippen molar-refractivity contribution < 1.29 is 9.18 Å². The van der Waals surface area contributed by atoms with Gasteiger partial charge in [-0.05, 0) is 48.0 Å². The molecule has 0 heterocycles. The number of halogens is 2. The van der Waals surface area contributed by atoms with Gasteiger partial charge >= 0.3 is 0 Å². The second-order valence-electron chi connectivity index (χ2n) is 3.80. The van der Waals surface area contributed by atoms with Crippen LogP contribution in [0.1, 0.15) is 13.8 Å². The smallest absolute Gasteiger partial charge is 0.243 e. The molecular weight excluding hydrogens is 263 g/mol. The number of carbonyl (C=O) groups excluding carboxylic acids is 1. The number of carbonyl (C=O) groups is 1. The number of nitrogens with two attached hydrogens (primary N) is 1. The van der Waals surface area contributed by atoms with Gasteiger partial charge in [-0.1, -0.05) is 0 Å². The highest BCUT2D eigenvalue weighted by atomic mass is 79.9. The van der Waals surface area contributed by atoms with Crippen molar-refractivity contribution in [3.8, 4) is 0 Å². The van der Waals surface area contributed by atoms with E-state index in [0.29, 0.717) is 10.2 Å². The number of benzene rings is 1. The maximum atomic E-state index is 13.1. The van der Waals surface area contributed by atoms with Crippen LogP contribution in [0, 0.1) is 5.82 Å². The van der Waals surface area contributed by atoms with Crippen LogP contribution in [0.2, 0.25) is 0 Å². The van der Waals surface area contributed by atoms with Gasteiger partial charge in [0.2, 0.25) is 5.91 Å². The normalized spacial score (nSPS) is 11.3. The van der Waals surface area contributed by atoms with Crippen molar-refractivity contribution in [2.24, 2.45) is 5.73 Å². The molecule has 0 unspecified atom stereocenters. The monoisotopic (exact) mass is 274 g/mol. The van der Waals surface area contributed by atoms with Gasteiger partial charge in [0.1, 0.15) is 5.82 Å². The number of amides is 1. The maximum absolute atomic E-state index is 13.1. The molecule has 0 aromatic heterocycles. The van der Waals surface area contributed by atoms with Crippen LogP contribution in [-0.2, 0) is 4.79 Å². The largest absolute Gasteiger partial charge is 0.324 e. The van der Waals surface area contributed by atoms with Gasteiger partial charge < -0.3 is 11.1 Å². The molecule has 0 saturated heterocycles. The molecule has 0 radical (unpaired) electrons. The Morgan fingerprint density at radius 1 is 1.53 bits per heavy atom. The lowest BCUT2D eigenvalue weighted by Gasteiger charge is -2.17. The third-order valence-corrected chi connectivity index (χ3v) is 2.41. The molecule has 5 heteroatoms. The van der Waals surface area contributed by atoms with Gasteiger partial charge in [-0.15, -0.1) is 0 Å². The lowest BCUT2D eigenvalue weighted by Crippen LogP contribution is -2.45. The highest BCUT2D eigenvalue weighted by Crippen LogP contribution is 2.19. The van der Waals surface area contributed by atoms with Crippen molar-refractivity contribution in [2.45, 2.75) is 19.4 Å². The van der Waals surface area contributed by atoms with E-state index in [4.69, 9.17) is 5.73 Å². The minimum atomic E-state index is -0.983. The van der Waals surface area contributed by atoms with Gasteiger partial charge in [-0.2, -0.15) is 0 Å². The predicted octanol–water partition coefficient (Wildman–Crippen LogP) is 2.26. The summed E-state index contributed by atoms with van der Waals surface area (Å²) in [6.07, 6.45) is 0. The van der Waals surface area contributed by atoms with E-state index in [9.17, 15) is 9.18 Å². The molecule has 15 heavy (non-hydrogen) atoms. The molecule has 0 bridgehead atoms. The first-order chi connectivity index (χ1) is 6.80. The molecule has 1 rings (SSSR count). The lowest BCUT2D eigenvalue weighted by atomic mass is 10.1. The third kappa shape index (κ3) is 3.28. The second kappa shape index (κ2) is 4.28. The Balaban J connectivity index is 2.83. The molecule has 0 spiro atoms. The van der Waals surface area contributed by atoms with E-state index in [1.165, 1.54) is 12.1 Å². The summed E-state index contributed by atoms with van der Waals surface area (Å²) in [6.45, 7) is 3.16. The Hall–Kier alpha value is -0.940. The molecule has 3 nitrogen and oxygen atoms in total. The van der Waals surface area contributed by atoms with Crippen molar-refractivity contribution in [1.82, 2.24) is 0 Å². The Labute approximate surface area is 96.0 Å². The van der Waals surface area contributed by atoms with Crippen LogP contribution in [0.3, 0.4) is 0 Å². The average molecular weight is 275 g/mol. The fourth-order valence-corrected chi connectivity index (χ4v) is 1.11. The molecule has 0 saturated carbocycles. The first-order valence-electron chi connectivity index (χ1n) is 4.36. The van der Waals surface area contributed by atoms with E-state index in [0.717, 1.165) is 0 Å². The molecule has 0 fully saturated rings. The summed E-state index contributed by atoms with van der Waals surface area (Å²) in [5, 5.41) is 2.53. The van der Waals surface area contributed by atoms with Gasteiger partial charge in [0, 0.05) is 5.69 Å². The van der Waals surface area contributed by atoms with Gasteiger partial charge in [0.05, 0.1) is 10.0 Å². The first-order valence-corrected chi connectivity index (χ1v) is 5.15. The van der Waals surface area contributed by atoms with Crippen LogP contribution in [0.5, 0.6) is 0 Å². The SMILES string of the molecule is CC(C)(N)C(=O)Nc1ccc(Br)c(F)c1. The van der Waals surface area contributed by atoms with Crippen molar-refractivity contribution in [1.29, 1.82) is 0 Å². The second-order valence-corrected chi connectivity index (χ2v) is 4.66. The number of hydrogen-bond acceptors (Lipinski definition) is 2. The van der Waals surface area contributed by atoms with Crippen LogP contribution < -0.4 is 11.1 Å². The molecule has 82 valence electrons. The summed E-state index contributed by atoms with van der Waals surface area (Å²) >= 11 is 3.02. The maximum Gasteiger partial charge on any atom is 0.243 e. The fourth-order valence-electron chi connectivity index (χ4n) is 0.866. The summed E-state index contributed by atoms with van der Waals surface area (Å²) in [4.78, 5) is 11.5. The van der Waals surface area contributed by atoms with Gasteiger partial charge in [0.25, 0.3) is 0 Å². The van der Waals surface area contributed by atoms with E-state index in [1.54, 1.807) is 19.9 Å². The minimum absolute atomic E-state index is 0.354. The van der Waals surface area contributed by atoms with Crippen LogP contribution >= 0.6 is 15.9 Å². The molecule has 0 aliphatic heterocycles. The van der Waals surface area contributed by atoms with E-state index >= 15 is 0 Å². The van der Waals surface area contributed by atoms with Crippen LogP contribution in [-0.4, -0.2) is 11.4 Å². The lowest BCUT2D eigenvalue weighted by molar-refractivity contribution is -0.120. The zero-order chi connectivity index (χ0) is 11.6. The average Bonchev–Trinajstić information content (AvgIpc) is 2.10. The minimum Gasteiger partial charge on any atom is -0.324 e. The fraction of sp³-hybridized carbons (Fsp3) is 0.300. The molecule has 1 aromatic rings. The van der Waals surface area contributed by atoms with E-state index in [1.807, 2.05) is 0 Å². The van der Waals surface area contributed by atoms with Crippen molar-refractivity contribution in [2.75, 3.05) is 5.32 Å². The topological polar surface area (TPSA) is 55.1 Å². The summed E-state index contributed by atoms with van der Waals surface area (Å²) in [6, 6.07) is 4.35. The van der Waals surface area contributed by atoms with E-state index in [-0.39, 0.29) is 5.91 Å². The van der Waals surface area contributed by atoms with Gasteiger partial charge in [-0.3, -0.25) is 4.79 Å². The highest BCUT2D eigenvalue weighted by Gasteiger charge is 2.21. The Morgan fingerprint density at radius 3 is 2.60 bits per heavy atom. The van der Waals surface area contributed by atoms with E-state index in [2.05, 4.69) is 21.2 Å². The Morgan fingerprint density at radius 2 is 2.13 bits per heavy atom. The summed E-state index contributed by atoms with van der Waals surface area (Å²) in [5.74, 6) is -0.785. The number of nitrogens with one attached hydrogen (secondary N) is 1. The predicted molar refractivity (Wildman–Crippen MR) is 61.0 cm³/mol. The zero-order valence-corrected chi connectivity index (χ0v) is 10.1. The molecule has 3 N–H and O–H groups in total. The van der Waals surface area contributed by atoms with Gasteiger partial charge in [-0.25, -0.2) is 4.39 Å². The molecular formula is C10H12BrFN2O. The third-order valence-electron chi connectivity index (χ3n) is 1.76. The quantitative estimate of drug-likeness (QED) is 0.869. The zero-order valence-electron chi connectivity index (χ0n) is 8.47. The number of anilines is 1. The first kappa shape index (κ1) is 12.1. The molecule has 0 aliphatic rings. The number of hydrogen-bond donors (Lipinski definition) is 2.